The molecule has 0 saturated heterocycles. The van der Waals surface area contributed by atoms with Gasteiger partial charge >= 0.3 is 0 Å². The van der Waals surface area contributed by atoms with Gasteiger partial charge in [-0.3, -0.25) is 4.79 Å². The molecule has 1 rings (SSSR count). The summed E-state index contributed by atoms with van der Waals surface area (Å²) in [6.45, 7) is 5.41. The SMILES string of the molecule is CCCCNC(=O)C(C)Nc1ccccc1CCOC. The van der Waals surface area contributed by atoms with Crippen LogP contribution < -0.4 is 10.6 Å². The van der Waals surface area contributed by atoms with Crippen LogP contribution in [0.5, 0.6) is 0 Å². The highest BCUT2D eigenvalue weighted by Crippen LogP contribution is 2.16. The molecular weight excluding hydrogens is 252 g/mol. The van der Waals surface area contributed by atoms with Gasteiger partial charge in [-0.15, -0.1) is 0 Å². The Labute approximate surface area is 121 Å². The zero-order valence-corrected chi connectivity index (χ0v) is 12.7. The van der Waals surface area contributed by atoms with Crippen LogP contribution in [-0.2, 0) is 16.0 Å². The van der Waals surface area contributed by atoms with Gasteiger partial charge < -0.3 is 15.4 Å². The van der Waals surface area contributed by atoms with Crippen LogP contribution in [0.25, 0.3) is 0 Å². The van der Waals surface area contributed by atoms with Crippen molar-refractivity contribution in [2.45, 2.75) is 39.2 Å². The van der Waals surface area contributed by atoms with Crippen LogP contribution in [0.15, 0.2) is 24.3 Å². The van der Waals surface area contributed by atoms with E-state index in [1.54, 1.807) is 7.11 Å². The number of carbonyl (C=O) groups excluding carboxylic acids is 1. The lowest BCUT2D eigenvalue weighted by Gasteiger charge is -2.18. The Morgan fingerprint density at radius 1 is 1.35 bits per heavy atom. The van der Waals surface area contributed by atoms with Crippen molar-refractivity contribution in [3.63, 3.8) is 0 Å². The predicted octanol–water partition coefficient (Wildman–Crippen LogP) is 2.59. The molecule has 0 bridgehead atoms. The molecule has 0 spiro atoms. The van der Waals surface area contributed by atoms with Crippen molar-refractivity contribution in [2.75, 3.05) is 25.6 Å². The van der Waals surface area contributed by atoms with Gasteiger partial charge in [-0.1, -0.05) is 31.5 Å². The number of anilines is 1. The molecular formula is C16H26N2O2. The van der Waals surface area contributed by atoms with Crippen molar-refractivity contribution < 1.29 is 9.53 Å². The second kappa shape index (κ2) is 9.37. The maximum absolute atomic E-state index is 11.9. The van der Waals surface area contributed by atoms with Gasteiger partial charge in [-0.25, -0.2) is 0 Å². The smallest absolute Gasteiger partial charge is 0.242 e. The fraction of sp³-hybridized carbons (Fsp3) is 0.562. The number of nitrogens with one attached hydrogen (secondary N) is 2. The second-order valence-electron chi connectivity index (χ2n) is 4.91. The lowest BCUT2D eigenvalue weighted by Crippen LogP contribution is -2.38. The molecule has 1 atom stereocenters. The highest BCUT2D eigenvalue weighted by atomic mass is 16.5. The summed E-state index contributed by atoms with van der Waals surface area (Å²) >= 11 is 0. The van der Waals surface area contributed by atoms with E-state index < -0.39 is 0 Å². The Hall–Kier alpha value is -1.55. The molecule has 4 nitrogen and oxygen atoms in total. The Balaban J connectivity index is 2.56. The zero-order chi connectivity index (χ0) is 14.8. The monoisotopic (exact) mass is 278 g/mol. The van der Waals surface area contributed by atoms with Gasteiger partial charge in [0.05, 0.1) is 6.61 Å². The van der Waals surface area contributed by atoms with E-state index in [2.05, 4.69) is 23.6 Å². The van der Waals surface area contributed by atoms with Crippen molar-refractivity contribution in [3.05, 3.63) is 29.8 Å². The number of unbranched alkanes of at least 4 members (excludes halogenated alkanes) is 1. The molecule has 0 aromatic heterocycles. The Morgan fingerprint density at radius 2 is 2.10 bits per heavy atom. The molecule has 1 amide bonds. The third kappa shape index (κ3) is 5.61. The molecule has 0 aliphatic heterocycles. The van der Waals surface area contributed by atoms with Gasteiger partial charge in [0.2, 0.25) is 5.91 Å². The third-order valence-electron chi connectivity index (χ3n) is 3.19. The third-order valence-corrected chi connectivity index (χ3v) is 3.19. The van der Waals surface area contributed by atoms with Gasteiger partial charge in [-0.2, -0.15) is 0 Å². The first-order chi connectivity index (χ1) is 9.69. The minimum absolute atomic E-state index is 0.0417. The van der Waals surface area contributed by atoms with E-state index >= 15 is 0 Å². The quantitative estimate of drug-likeness (QED) is 0.683. The minimum atomic E-state index is -0.240. The van der Waals surface area contributed by atoms with Gasteiger partial charge in [0, 0.05) is 19.3 Å². The van der Waals surface area contributed by atoms with E-state index in [4.69, 9.17) is 4.74 Å². The van der Waals surface area contributed by atoms with E-state index in [0.29, 0.717) is 6.61 Å². The van der Waals surface area contributed by atoms with Crippen LogP contribution in [0.3, 0.4) is 0 Å². The van der Waals surface area contributed by atoms with Crippen LogP contribution in [0, 0.1) is 0 Å². The van der Waals surface area contributed by atoms with Crippen molar-refractivity contribution >= 4 is 11.6 Å². The van der Waals surface area contributed by atoms with Crippen LogP contribution in [-0.4, -0.2) is 32.2 Å². The average molecular weight is 278 g/mol. The first-order valence-electron chi connectivity index (χ1n) is 7.30. The first-order valence-corrected chi connectivity index (χ1v) is 7.30. The highest BCUT2D eigenvalue weighted by molar-refractivity contribution is 5.84. The van der Waals surface area contributed by atoms with Crippen molar-refractivity contribution in [1.82, 2.24) is 5.32 Å². The largest absolute Gasteiger partial charge is 0.384 e. The number of rotatable bonds is 9. The molecule has 1 unspecified atom stereocenters. The van der Waals surface area contributed by atoms with E-state index in [-0.39, 0.29) is 11.9 Å². The topological polar surface area (TPSA) is 50.4 Å². The number of para-hydroxylation sites is 1. The molecule has 0 aliphatic rings. The summed E-state index contributed by atoms with van der Waals surface area (Å²) in [5.41, 5.74) is 2.17. The summed E-state index contributed by atoms with van der Waals surface area (Å²) in [5, 5.41) is 6.22. The molecule has 2 N–H and O–H groups in total. The zero-order valence-electron chi connectivity index (χ0n) is 12.7. The number of amides is 1. The Bertz CT molecular complexity index is 407. The summed E-state index contributed by atoms with van der Waals surface area (Å²) in [6.07, 6.45) is 2.94. The Morgan fingerprint density at radius 3 is 2.80 bits per heavy atom. The van der Waals surface area contributed by atoms with Crippen molar-refractivity contribution in [2.24, 2.45) is 0 Å². The lowest BCUT2D eigenvalue weighted by molar-refractivity contribution is -0.121. The molecule has 0 heterocycles. The summed E-state index contributed by atoms with van der Waals surface area (Å²) in [6, 6.07) is 7.79. The van der Waals surface area contributed by atoms with Crippen LogP contribution >= 0.6 is 0 Å². The van der Waals surface area contributed by atoms with Crippen LogP contribution in [0.2, 0.25) is 0 Å². The van der Waals surface area contributed by atoms with Crippen LogP contribution in [0.1, 0.15) is 32.3 Å². The molecule has 1 aromatic rings. The first kappa shape index (κ1) is 16.5. The van der Waals surface area contributed by atoms with E-state index in [1.165, 1.54) is 5.56 Å². The minimum Gasteiger partial charge on any atom is -0.384 e. The van der Waals surface area contributed by atoms with Gasteiger partial charge in [0.15, 0.2) is 0 Å². The molecule has 112 valence electrons. The van der Waals surface area contributed by atoms with Gasteiger partial charge in [0.25, 0.3) is 0 Å². The number of benzene rings is 1. The summed E-state index contributed by atoms with van der Waals surface area (Å²) in [7, 11) is 1.69. The highest BCUT2D eigenvalue weighted by Gasteiger charge is 2.13. The molecule has 0 aliphatic carbocycles. The molecule has 0 radical (unpaired) electrons. The van der Waals surface area contributed by atoms with Crippen molar-refractivity contribution in [3.8, 4) is 0 Å². The summed E-state index contributed by atoms with van der Waals surface area (Å²) in [5.74, 6) is 0.0417. The maximum Gasteiger partial charge on any atom is 0.242 e. The number of hydrogen-bond donors (Lipinski definition) is 2. The summed E-state index contributed by atoms with van der Waals surface area (Å²) < 4.78 is 5.11. The molecule has 20 heavy (non-hydrogen) atoms. The van der Waals surface area contributed by atoms with E-state index in [0.717, 1.165) is 31.5 Å². The lowest BCUT2D eigenvalue weighted by atomic mass is 10.1. The van der Waals surface area contributed by atoms with E-state index in [9.17, 15) is 4.79 Å². The standard InChI is InChI=1S/C16H26N2O2/c1-4-5-11-17-16(19)13(2)18-15-9-7-6-8-14(15)10-12-20-3/h6-9,13,18H,4-5,10-12H2,1-3H3,(H,17,19). The van der Waals surface area contributed by atoms with Gasteiger partial charge in [0.1, 0.15) is 6.04 Å². The van der Waals surface area contributed by atoms with E-state index in [1.807, 2.05) is 25.1 Å². The fourth-order valence-electron chi connectivity index (χ4n) is 1.93. The van der Waals surface area contributed by atoms with Crippen molar-refractivity contribution in [1.29, 1.82) is 0 Å². The molecule has 0 saturated carbocycles. The van der Waals surface area contributed by atoms with Gasteiger partial charge in [-0.05, 0) is 31.4 Å². The predicted molar refractivity (Wildman–Crippen MR) is 83.0 cm³/mol. The number of hydrogen-bond acceptors (Lipinski definition) is 3. The summed E-state index contributed by atoms with van der Waals surface area (Å²) in [4.78, 5) is 11.9. The number of carbonyl (C=O) groups is 1. The Kier molecular flexibility index (Phi) is 7.73. The molecule has 0 fully saturated rings. The normalized spacial score (nSPS) is 11.9. The number of methoxy groups -OCH3 is 1. The average Bonchev–Trinajstić information content (AvgIpc) is 2.46. The second-order valence-corrected chi connectivity index (χ2v) is 4.91. The fourth-order valence-corrected chi connectivity index (χ4v) is 1.93. The number of ether oxygens (including phenoxy) is 1. The van der Waals surface area contributed by atoms with Crippen LogP contribution in [0.4, 0.5) is 5.69 Å². The molecule has 4 heteroatoms. The molecule has 1 aromatic carbocycles. The maximum atomic E-state index is 11.9.